The second-order valence-corrected chi connectivity index (χ2v) is 9.22. The molecule has 0 radical (unpaired) electrons. The zero-order valence-corrected chi connectivity index (χ0v) is 19.2. The fourth-order valence-electron chi connectivity index (χ4n) is 4.34. The van der Waals surface area contributed by atoms with Crippen LogP contribution in [-0.2, 0) is 6.42 Å². The zero-order chi connectivity index (χ0) is 21.3. The van der Waals surface area contributed by atoms with E-state index in [9.17, 15) is 0 Å². The predicted octanol–water partition coefficient (Wildman–Crippen LogP) is 5.29. The van der Waals surface area contributed by atoms with Crippen molar-refractivity contribution in [2.75, 3.05) is 33.2 Å². The molecule has 1 saturated heterocycles. The number of para-hydroxylation sites is 1. The molecule has 4 rings (SSSR count). The molecule has 0 aliphatic carbocycles. The highest BCUT2D eigenvalue weighted by Gasteiger charge is 2.22. The Morgan fingerprint density at radius 1 is 1.10 bits per heavy atom. The maximum atomic E-state index is 6.55. The summed E-state index contributed by atoms with van der Waals surface area (Å²) in [7, 11) is 2.00. The predicted molar refractivity (Wildman–Crippen MR) is 129 cm³/mol. The lowest BCUT2D eigenvalue weighted by Crippen LogP contribution is -2.34. The molecule has 0 spiro atoms. The summed E-state index contributed by atoms with van der Waals surface area (Å²) >= 11 is 1.77. The maximum absolute atomic E-state index is 6.55. The van der Waals surface area contributed by atoms with Gasteiger partial charge in [-0.15, -0.1) is 11.3 Å². The number of rotatable bonds is 10. The number of thiophene rings is 1. The molecule has 0 saturated carbocycles. The lowest BCUT2D eigenvalue weighted by molar-refractivity contribution is 0.192. The summed E-state index contributed by atoms with van der Waals surface area (Å²) in [5, 5.41) is 5.39. The Bertz CT molecular complexity index is 892. The van der Waals surface area contributed by atoms with Gasteiger partial charge in [0.05, 0.1) is 0 Å². The molecule has 3 aromatic rings. The van der Waals surface area contributed by atoms with Crippen LogP contribution < -0.4 is 10.1 Å². The first-order chi connectivity index (χ1) is 15.3. The van der Waals surface area contributed by atoms with E-state index in [1.165, 1.54) is 29.0 Å². The van der Waals surface area contributed by atoms with Crippen LogP contribution >= 0.6 is 11.3 Å². The number of aromatic nitrogens is 1. The van der Waals surface area contributed by atoms with Crippen LogP contribution in [0.2, 0.25) is 0 Å². The van der Waals surface area contributed by atoms with E-state index in [4.69, 9.17) is 4.74 Å². The summed E-state index contributed by atoms with van der Waals surface area (Å²) in [5.74, 6) is 1.63. The van der Waals surface area contributed by atoms with Crippen molar-refractivity contribution >= 4 is 11.3 Å². The number of pyridine rings is 1. The van der Waals surface area contributed by atoms with Gasteiger partial charge in [-0.1, -0.05) is 30.3 Å². The SMILES string of the molecule is CNCC[C@@H](Oc1ccccc1CCN1CCC(c2ccccn2)CC1)c1cccs1. The highest BCUT2D eigenvalue weighted by molar-refractivity contribution is 7.10. The van der Waals surface area contributed by atoms with Gasteiger partial charge in [-0.3, -0.25) is 4.98 Å². The first-order valence-corrected chi connectivity index (χ1v) is 12.3. The van der Waals surface area contributed by atoms with Crippen molar-refractivity contribution in [3.8, 4) is 5.75 Å². The molecule has 0 amide bonds. The molecular formula is C26H33N3OS. The van der Waals surface area contributed by atoms with Crippen LogP contribution in [0.25, 0.3) is 0 Å². The minimum Gasteiger partial charge on any atom is -0.485 e. The minimum atomic E-state index is 0.0997. The summed E-state index contributed by atoms with van der Waals surface area (Å²) in [4.78, 5) is 8.45. The molecule has 5 heteroatoms. The van der Waals surface area contributed by atoms with Crippen LogP contribution in [0, 0.1) is 0 Å². The maximum Gasteiger partial charge on any atom is 0.134 e. The molecule has 1 aliphatic rings. The summed E-state index contributed by atoms with van der Waals surface area (Å²) in [6.45, 7) is 4.31. The van der Waals surface area contributed by atoms with Gasteiger partial charge in [-0.25, -0.2) is 0 Å². The number of benzene rings is 1. The Hall–Kier alpha value is -2.21. The summed E-state index contributed by atoms with van der Waals surface area (Å²) in [6.07, 6.45) is 6.39. The zero-order valence-electron chi connectivity index (χ0n) is 18.4. The number of piperidine rings is 1. The molecule has 1 N–H and O–H groups in total. The normalized spacial score (nSPS) is 16.3. The molecule has 0 unspecified atom stereocenters. The average Bonchev–Trinajstić information content (AvgIpc) is 3.37. The van der Waals surface area contributed by atoms with E-state index in [1.807, 2.05) is 19.3 Å². The highest BCUT2D eigenvalue weighted by atomic mass is 32.1. The number of likely N-dealkylation sites (tertiary alicyclic amines) is 1. The summed E-state index contributed by atoms with van der Waals surface area (Å²) in [5.41, 5.74) is 2.56. The van der Waals surface area contributed by atoms with Crippen LogP contribution in [0.1, 0.15) is 47.4 Å². The van der Waals surface area contributed by atoms with Gasteiger partial charge in [-0.05, 0) is 81.2 Å². The van der Waals surface area contributed by atoms with E-state index in [-0.39, 0.29) is 6.10 Å². The standard InChI is InChI=1S/C26H33N3OS/c1-27-16-11-25(26-10-6-20-31-26)30-24-9-3-2-7-22(24)14-19-29-17-12-21(13-18-29)23-8-4-5-15-28-23/h2-10,15,20-21,25,27H,11-14,16-19H2,1H3/t25-/m1/s1. The molecule has 3 heterocycles. The van der Waals surface area contributed by atoms with E-state index >= 15 is 0 Å². The second kappa shape index (κ2) is 11.4. The van der Waals surface area contributed by atoms with Crippen LogP contribution in [0.3, 0.4) is 0 Å². The van der Waals surface area contributed by atoms with Gasteiger partial charge >= 0.3 is 0 Å². The van der Waals surface area contributed by atoms with Crippen molar-refractivity contribution < 1.29 is 4.74 Å². The second-order valence-electron chi connectivity index (χ2n) is 8.24. The molecule has 1 fully saturated rings. The third-order valence-electron chi connectivity index (χ3n) is 6.15. The Morgan fingerprint density at radius 3 is 2.68 bits per heavy atom. The lowest BCUT2D eigenvalue weighted by atomic mass is 9.93. The van der Waals surface area contributed by atoms with Crippen LogP contribution in [-0.4, -0.2) is 43.1 Å². The Morgan fingerprint density at radius 2 is 1.94 bits per heavy atom. The molecular weight excluding hydrogens is 402 g/mol. The van der Waals surface area contributed by atoms with Gasteiger partial charge in [0, 0.05) is 35.7 Å². The molecule has 164 valence electrons. The number of ether oxygens (including phenoxy) is 1. The Labute approximate surface area is 190 Å². The first kappa shape index (κ1) is 22.0. The smallest absolute Gasteiger partial charge is 0.134 e. The monoisotopic (exact) mass is 435 g/mol. The molecule has 31 heavy (non-hydrogen) atoms. The van der Waals surface area contributed by atoms with Gasteiger partial charge in [0.15, 0.2) is 0 Å². The molecule has 1 aliphatic heterocycles. The molecule has 0 bridgehead atoms. The number of hydrogen-bond acceptors (Lipinski definition) is 5. The van der Waals surface area contributed by atoms with E-state index in [0.29, 0.717) is 5.92 Å². The third kappa shape index (κ3) is 6.16. The Balaban J connectivity index is 1.33. The van der Waals surface area contributed by atoms with Crippen LogP contribution in [0.4, 0.5) is 0 Å². The fraction of sp³-hybridized carbons (Fsp3) is 0.423. The average molecular weight is 436 g/mol. The van der Waals surface area contributed by atoms with Crippen molar-refractivity contribution in [1.82, 2.24) is 15.2 Å². The summed E-state index contributed by atoms with van der Waals surface area (Å²) in [6, 6.07) is 19.1. The van der Waals surface area contributed by atoms with E-state index in [1.54, 1.807) is 11.3 Å². The molecule has 1 aromatic carbocycles. The number of hydrogen-bond donors (Lipinski definition) is 1. The quantitative estimate of drug-likeness (QED) is 0.469. The van der Waals surface area contributed by atoms with Crippen molar-refractivity contribution in [2.24, 2.45) is 0 Å². The largest absolute Gasteiger partial charge is 0.485 e. The number of nitrogens with one attached hydrogen (secondary N) is 1. The van der Waals surface area contributed by atoms with E-state index < -0.39 is 0 Å². The van der Waals surface area contributed by atoms with Gasteiger partial charge in [0.1, 0.15) is 11.9 Å². The van der Waals surface area contributed by atoms with Gasteiger partial charge in [0.2, 0.25) is 0 Å². The van der Waals surface area contributed by atoms with Gasteiger partial charge in [0.25, 0.3) is 0 Å². The molecule has 4 nitrogen and oxygen atoms in total. The minimum absolute atomic E-state index is 0.0997. The highest BCUT2D eigenvalue weighted by Crippen LogP contribution is 2.31. The first-order valence-electron chi connectivity index (χ1n) is 11.4. The molecule has 1 atom stereocenters. The summed E-state index contributed by atoms with van der Waals surface area (Å²) < 4.78 is 6.55. The Kier molecular flexibility index (Phi) is 8.11. The van der Waals surface area contributed by atoms with Crippen molar-refractivity contribution in [3.63, 3.8) is 0 Å². The van der Waals surface area contributed by atoms with Crippen LogP contribution in [0.5, 0.6) is 5.75 Å². The van der Waals surface area contributed by atoms with Crippen LogP contribution in [0.15, 0.2) is 66.2 Å². The van der Waals surface area contributed by atoms with Crippen molar-refractivity contribution in [1.29, 1.82) is 0 Å². The van der Waals surface area contributed by atoms with Gasteiger partial charge in [-0.2, -0.15) is 0 Å². The third-order valence-corrected chi connectivity index (χ3v) is 7.11. The van der Waals surface area contributed by atoms with Crippen molar-refractivity contribution in [3.05, 3.63) is 82.3 Å². The fourth-order valence-corrected chi connectivity index (χ4v) is 5.13. The lowest BCUT2D eigenvalue weighted by Gasteiger charge is -2.31. The topological polar surface area (TPSA) is 37.4 Å². The van der Waals surface area contributed by atoms with Crippen molar-refractivity contribution in [2.45, 2.75) is 37.7 Å². The van der Waals surface area contributed by atoms with E-state index in [0.717, 1.165) is 44.8 Å². The molecule has 2 aromatic heterocycles. The van der Waals surface area contributed by atoms with Gasteiger partial charge < -0.3 is 15.0 Å². The number of nitrogens with zero attached hydrogens (tertiary/aromatic N) is 2. The van der Waals surface area contributed by atoms with E-state index in [2.05, 4.69) is 69.1 Å².